The van der Waals surface area contributed by atoms with Crippen LogP contribution in [0.25, 0.3) is 21.9 Å². The third-order valence-corrected chi connectivity index (χ3v) is 5.99. The van der Waals surface area contributed by atoms with Crippen molar-refractivity contribution in [2.45, 2.75) is 38.0 Å². The van der Waals surface area contributed by atoms with E-state index in [1.807, 2.05) is 54.6 Å². The lowest BCUT2D eigenvalue weighted by atomic mass is 9.84. The molecule has 0 saturated heterocycles. The highest BCUT2D eigenvalue weighted by Gasteiger charge is 2.15. The maximum atomic E-state index is 12.3. The molecule has 152 valence electrons. The van der Waals surface area contributed by atoms with E-state index in [4.69, 9.17) is 9.15 Å². The minimum atomic E-state index is -0.193. The Hall–Kier alpha value is -3.27. The number of ether oxygens (including phenoxy) is 1. The third-order valence-electron chi connectivity index (χ3n) is 5.99. The van der Waals surface area contributed by atoms with Crippen LogP contribution in [0.2, 0.25) is 0 Å². The summed E-state index contributed by atoms with van der Waals surface area (Å²) in [5, 5.41) is 5.00. The largest absolute Gasteiger partial charge is 0.484 e. The number of rotatable bonds is 5. The quantitative estimate of drug-likeness (QED) is 0.409. The minimum Gasteiger partial charge on any atom is -0.484 e. The second kappa shape index (κ2) is 8.23. The molecule has 0 radical (unpaired) electrons. The third kappa shape index (κ3) is 3.90. The molecule has 0 spiro atoms. The number of carbonyl (C=O) groups excluding carboxylic acids is 1. The maximum absolute atomic E-state index is 12.3. The van der Waals surface area contributed by atoms with E-state index in [2.05, 4.69) is 17.4 Å². The topological polar surface area (TPSA) is 51.5 Å². The van der Waals surface area contributed by atoms with E-state index in [1.165, 1.54) is 37.7 Å². The van der Waals surface area contributed by atoms with E-state index in [9.17, 15) is 4.79 Å². The zero-order valence-electron chi connectivity index (χ0n) is 16.9. The Morgan fingerprint density at radius 2 is 1.67 bits per heavy atom. The smallest absolute Gasteiger partial charge is 0.262 e. The molecule has 1 N–H and O–H groups in total. The summed E-state index contributed by atoms with van der Waals surface area (Å²) >= 11 is 0. The molecule has 4 nitrogen and oxygen atoms in total. The minimum absolute atomic E-state index is 0.0268. The van der Waals surface area contributed by atoms with E-state index >= 15 is 0 Å². The van der Waals surface area contributed by atoms with Gasteiger partial charge in [0.1, 0.15) is 16.9 Å². The lowest BCUT2D eigenvalue weighted by Gasteiger charge is -2.22. The van der Waals surface area contributed by atoms with Gasteiger partial charge in [-0.1, -0.05) is 49.6 Å². The summed E-state index contributed by atoms with van der Waals surface area (Å²) in [4.78, 5) is 12.3. The lowest BCUT2D eigenvalue weighted by molar-refractivity contribution is -0.118. The number of para-hydroxylation sites is 1. The fourth-order valence-electron chi connectivity index (χ4n) is 4.42. The second-order valence-corrected chi connectivity index (χ2v) is 8.05. The van der Waals surface area contributed by atoms with Gasteiger partial charge in [-0.3, -0.25) is 4.79 Å². The fourth-order valence-corrected chi connectivity index (χ4v) is 4.42. The van der Waals surface area contributed by atoms with Crippen LogP contribution in [-0.2, 0) is 4.79 Å². The molecule has 4 aromatic rings. The van der Waals surface area contributed by atoms with Gasteiger partial charge in [0.25, 0.3) is 5.91 Å². The highest BCUT2D eigenvalue weighted by molar-refractivity contribution is 6.06. The van der Waals surface area contributed by atoms with Gasteiger partial charge in [-0.15, -0.1) is 0 Å². The predicted octanol–water partition coefficient (Wildman–Crippen LogP) is 6.65. The van der Waals surface area contributed by atoms with Gasteiger partial charge in [0.2, 0.25) is 0 Å². The summed E-state index contributed by atoms with van der Waals surface area (Å²) in [6.45, 7) is -0.0268. The average Bonchev–Trinajstić information content (AvgIpc) is 3.16. The van der Waals surface area contributed by atoms with Crippen molar-refractivity contribution in [1.29, 1.82) is 0 Å². The zero-order valence-corrected chi connectivity index (χ0v) is 16.9. The van der Waals surface area contributed by atoms with E-state index in [-0.39, 0.29) is 12.5 Å². The van der Waals surface area contributed by atoms with Gasteiger partial charge in [-0.2, -0.15) is 0 Å². The van der Waals surface area contributed by atoms with Crippen LogP contribution in [0.4, 0.5) is 5.69 Å². The first kappa shape index (κ1) is 18.7. The van der Waals surface area contributed by atoms with Gasteiger partial charge < -0.3 is 14.5 Å². The normalized spacial score (nSPS) is 14.8. The van der Waals surface area contributed by atoms with Crippen molar-refractivity contribution in [2.75, 3.05) is 11.9 Å². The lowest BCUT2D eigenvalue weighted by Crippen LogP contribution is -2.20. The molecule has 1 aliphatic carbocycles. The molecular formula is C26H25NO3. The number of nitrogens with one attached hydrogen (secondary N) is 1. The number of hydrogen-bond donors (Lipinski definition) is 1. The average molecular weight is 399 g/mol. The zero-order chi connectivity index (χ0) is 20.3. The first-order chi connectivity index (χ1) is 14.8. The summed E-state index contributed by atoms with van der Waals surface area (Å²) in [6.07, 6.45) is 6.55. The van der Waals surface area contributed by atoms with Crippen LogP contribution in [0.5, 0.6) is 5.75 Å². The second-order valence-electron chi connectivity index (χ2n) is 8.05. The highest BCUT2D eigenvalue weighted by Crippen LogP contribution is 2.33. The van der Waals surface area contributed by atoms with Crippen LogP contribution in [0.15, 0.2) is 71.1 Å². The molecule has 3 aromatic carbocycles. The summed E-state index contributed by atoms with van der Waals surface area (Å²) in [7, 11) is 0. The molecule has 1 heterocycles. The van der Waals surface area contributed by atoms with E-state index in [1.54, 1.807) is 0 Å². The number of amides is 1. The SMILES string of the molecule is O=C(COc1ccc(C2CCCCC2)cc1)Nc1ccc2c(c1)oc1ccccc12. The Labute approximate surface area is 175 Å². The highest BCUT2D eigenvalue weighted by atomic mass is 16.5. The van der Waals surface area contributed by atoms with Crippen LogP contribution < -0.4 is 10.1 Å². The molecule has 0 unspecified atom stereocenters. The predicted molar refractivity (Wildman–Crippen MR) is 120 cm³/mol. The molecule has 1 amide bonds. The summed E-state index contributed by atoms with van der Waals surface area (Å²) in [5.74, 6) is 1.20. The summed E-state index contributed by atoms with van der Waals surface area (Å²) < 4.78 is 11.6. The summed E-state index contributed by atoms with van der Waals surface area (Å²) in [6, 6.07) is 21.9. The van der Waals surface area contributed by atoms with Crippen molar-refractivity contribution in [3.63, 3.8) is 0 Å². The Kier molecular flexibility index (Phi) is 5.14. The van der Waals surface area contributed by atoms with Crippen LogP contribution in [0.1, 0.15) is 43.6 Å². The van der Waals surface area contributed by atoms with Gasteiger partial charge in [0.05, 0.1) is 0 Å². The number of carbonyl (C=O) groups is 1. The number of benzene rings is 3. The van der Waals surface area contributed by atoms with E-state index < -0.39 is 0 Å². The van der Waals surface area contributed by atoms with Crippen LogP contribution in [-0.4, -0.2) is 12.5 Å². The Morgan fingerprint density at radius 1 is 0.900 bits per heavy atom. The first-order valence-corrected chi connectivity index (χ1v) is 10.7. The van der Waals surface area contributed by atoms with Crippen molar-refractivity contribution in [3.8, 4) is 5.75 Å². The Balaban J connectivity index is 1.20. The fraction of sp³-hybridized carbons (Fsp3) is 0.269. The van der Waals surface area contributed by atoms with Crippen LogP contribution >= 0.6 is 0 Å². The van der Waals surface area contributed by atoms with Crippen molar-refractivity contribution in [2.24, 2.45) is 0 Å². The van der Waals surface area contributed by atoms with Gasteiger partial charge in [-0.05, 0) is 54.7 Å². The van der Waals surface area contributed by atoms with Crippen molar-refractivity contribution >= 4 is 33.5 Å². The number of hydrogen-bond acceptors (Lipinski definition) is 3. The van der Waals surface area contributed by atoms with Gasteiger partial charge >= 0.3 is 0 Å². The molecule has 1 fully saturated rings. The molecule has 1 aliphatic rings. The van der Waals surface area contributed by atoms with Gasteiger partial charge in [0.15, 0.2) is 6.61 Å². The van der Waals surface area contributed by atoms with Crippen LogP contribution in [0, 0.1) is 0 Å². The molecule has 1 aromatic heterocycles. The van der Waals surface area contributed by atoms with Crippen molar-refractivity contribution in [3.05, 3.63) is 72.3 Å². The molecule has 4 heteroatoms. The van der Waals surface area contributed by atoms with E-state index in [0.717, 1.165) is 27.7 Å². The molecular weight excluding hydrogens is 374 g/mol. The maximum Gasteiger partial charge on any atom is 0.262 e. The number of furan rings is 1. The van der Waals surface area contributed by atoms with Crippen molar-refractivity contribution in [1.82, 2.24) is 0 Å². The first-order valence-electron chi connectivity index (χ1n) is 10.7. The number of fused-ring (bicyclic) bond motifs is 3. The van der Waals surface area contributed by atoms with Crippen molar-refractivity contribution < 1.29 is 13.9 Å². The van der Waals surface area contributed by atoms with Gasteiger partial charge in [-0.25, -0.2) is 0 Å². The monoisotopic (exact) mass is 399 g/mol. The van der Waals surface area contributed by atoms with Crippen LogP contribution in [0.3, 0.4) is 0 Å². The number of anilines is 1. The summed E-state index contributed by atoms with van der Waals surface area (Å²) in [5.41, 5.74) is 3.68. The van der Waals surface area contributed by atoms with Gasteiger partial charge in [0, 0.05) is 22.5 Å². The molecule has 0 aliphatic heterocycles. The standard InChI is InChI=1S/C26H25NO3/c28-26(17-29-21-13-10-19(11-14-21)18-6-2-1-3-7-18)27-20-12-15-23-22-8-4-5-9-24(22)30-25(23)16-20/h4-5,8-16,18H,1-3,6-7,17H2,(H,27,28). The molecule has 5 rings (SSSR count). The molecule has 30 heavy (non-hydrogen) atoms. The Morgan fingerprint density at radius 3 is 2.50 bits per heavy atom. The van der Waals surface area contributed by atoms with E-state index in [0.29, 0.717) is 11.6 Å². The Bertz CT molecular complexity index is 1170. The molecule has 1 saturated carbocycles. The molecule has 0 bridgehead atoms. The molecule has 0 atom stereocenters.